The molecular weight excluding hydrogens is 471 g/mol. The first-order valence-electron chi connectivity index (χ1n) is 9.73. The van der Waals surface area contributed by atoms with Crippen LogP contribution in [0.25, 0.3) is 0 Å². The van der Waals surface area contributed by atoms with Crippen LogP contribution < -0.4 is 10.1 Å². The number of nitrogens with one attached hydrogen (secondary N) is 1. The number of hydrogen-bond acceptors (Lipinski definition) is 4. The molecule has 0 heterocycles. The molecule has 0 aliphatic carbocycles. The van der Waals surface area contributed by atoms with Crippen LogP contribution >= 0.6 is 23.2 Å². The molecule has 3 rings (SSSR count). The minimum absolute atomic E-state index is 0.0317. The van der Waals surface area contributed by atoms with E-state index < -0.39 is 22.5 Å². The van der Waals surface area contributed by atoms with Gasteiger partial charge in [0, 0.05) is 11.6 Å². The Morgan fingerprint density at radius 2 is 1.69 bits per heavy atom. The van der Waals surface area contributed by atoms with Crippen LogP contribution in [0.4, 0.5) is 5.69 Å². The molecule has 0 unspecified atom stereocenters. The summed E-state index contributed by atoms with van der Waals surface area (Å²) >= 11 is 12.2. The van der Waals surface area contributed by atoms with E-state index in [1.165, 1.54) is 25.3 Å². The molecule has 0 radical (unpaired) electrons. The molecule has 168 valence electrons. The summed E-state index contributed by atoms with van der Waals surface area (Å²) in [5, 5.41) is 2.97. The van der Waals surface area contributed by atoms with Crippen molar-refractivity contribution in [1.82, 2.24) is 4.31 Å². The lowest BCUT2D eigenvalue weighted by Gasteiger charge is -2.23. The number of sulfonamides is 1. The van der Waals surface area contributed by atoms with E-state index in [9.17, 15) is 13.2 Å². The van der Waals surface area contributed by atoms with Crippen LogP contribution in [0.2, 0.25) is 10.0 Å². The molecule has 0 saturated carbocycles. The number of amides is 1. The average molecular weight is 493 g/mol. The van der Waals surface area contributed by atoms with Gasteiger partial charge in [0.05, 0.1) is 24.4 Å². The fourth-order valence-corrected chi connectivity index (χ4v) is 5.23. The molecule has 0 bridgehead atoms. The summed E-state index contributed by atoms with van der Waals surface area (Å²) in [7, 11) is -2.61. The summed E-state index contributed by atoms with van der Waals surface area (Å²) in [6.45, 7) is -0.329. The zero-order valence-electron chi connectivity index (χ0n) is 17.3. The van der Waals surface area contributed by atoms with Crippen molar-refractivity contribution >= 4 is 44.8 Å². The third-order valence-electron chi connectivity index (χ3n) is 4.70. The summed E-state index contributed by atoms with van der Waals surface area (Å²) in [4.78, 5) is 12.7. The number of hydrogen-bond donors (Lipinski definition) is 1. The van der Waals surface area contributed by atoms with E-state index in [0.29, 0.717) is 17.9 Å². The number of ether oxygens (including phenoxy) is 1. The minimum Gasteiger partial charge on any atom is -0.495 e. The summed E-state index contributed by atoms with van der Waals surface area (Å²) in [5.41, 5.74) is 1.39. The van der Waals surface area contributed by atoms with Gasteiger partial charge >= 0.3 is 0 Å². The van der Waals surface area contributed by atoms with Crippen molar-refractivity contribution in [1.29, 1.82) is 0 Å². The second kappa shape index (κ2) is 10.8. The largest absolute Gasteiger partial charge is 0.495 e. The molecule has 32 heavy (non-hydrogen) atoms. The molecule has 6 nitrogen and oxygen atoms in total. The van der Waals surface area contributed by atoms with Gasteiger partial charge < -0.3 is 10.1 Å². The van der Waals surface area contributed by atoms with Crippen LogP contribution in [0.1, 0.15) is 5.56 Å². The molecule has 0 saturated heterocycles. The highest BCUT2D eigenvalue weighted by Crippen LogP contribution is 2.28. The number of rotatable bonds is 9. The minimum atomic E-state index is -4.10. The SMILES string of the molecule is COc1ccccc1NC(=O)CN(CCc1ccccc1)S(=O)(=O)c1cc(Cl)ccc1Cl. The molecule has 1 N–H and O–H groups in total. The van der Waals surface area contributed by atoms with Crippen LogP contribution in [0.5, 0.6) is 5.75 Å². The van der Waals surface area contributed by atoms with Gasteiger partial charge in [0.1, 0.15) is 10.6 Å². The first-order valence-corrected chi connectivity index (χ1v) is 11.9. The van der Waals surface area contributed by atoms with Gasteiger partial charge in [-0.05, 0) is 42.3 Å². The Morgan fingerprint density at radius 3 is 2.41 bits per heavy atom. The van der Waals surface area contributed by atoms with Crippen molar-refractivity contribution < 1.29 is 17.9 Å². The van der Waals surface area contributed by atoms with E-state index in [1.807, 2.05) is 30.3 Å². The second-order valence-corrected chi connectivity index (χ2v) is 9.65. The van der Waals surface area contributed by atoms with Gasteiger partial charge in [-0.15, -0.1) is 0 Å². The summed E-state index contributed by atoms with van der Waals surface area (Å²) < 4.78 is 33.2. The standard InChI is InChI=1S/C23H22Cl2N2O4S/c1-31-21-10-6-5-9-20(21)26-23(28)16-27(14-13-17-7-3-2-4-8-17)32(29,30)22-15-18(24)11-12-19(22)25/h2-12,15H,13-14,16H2,1H3,(H,26,28). The highest BCUT2D eigenvalue weighted by molar-refractivity contribution is 7.89. The highest BCUT2D eigenvalue weighted by Gasteiger charge is 2.29. The Morgan fingerprint density at radius 1 is 1.00 bits per heavy atom. The number of carbonyl (C=O) groups is 1. The normalized spacial score (nSPS) is 11.4. The van der Waals surface area contributed by atoms with Gasteiger partial charge in [-0.2, -0.15) is 4.31 Å². The van der Waals surface area contributed by atoms with Crippen molar-refractivity contribution in [2.75, 3.05) is 25.5 Å². The van der Waals surface area contributed by atoms with Crippen molar-refractivity contribution in [3.8, 4) is 5.75 Å². The zero-order valence-corrected chi connectivity index (χ0v) is 19.6. The quantitative estimate of drug-likeness (QED) is 0.462. The second-order valence-electron chi connectivity index (χ2n) is 6.90. The Hall–Kier alpha value is -2.58. The number of benzene rings is 3. The fraction of sp³-hybridized carbons (Fsp3) is 0.174. The van der Waals surface area contributed by atoms with Crippen LogP contribution in [-0.2, 0) is 21.2 Å². The Bertz CT molecular complexity index is 1190. The molecule has 3 aromatic carbocycles. The predicted octanol–water partition coefficient (Wildman–Crippen LogP) is 4.87. The fourth-order valence-electron chi connectivity index (χ4n) is 3.09. The molecule has 0 spiro atoms. The highest BCUT2D eigenvalue weighted by atomic mass is 35.5. The Kier molecular flexibility index (Phi) is 8.15. The van der Waals surface area contributed by atoms with Crippen LogP contribution in [0, 0.1) is 0 Å². The Labute approximate surface area is 197 Å². The van der Waals surface area contributed by atoms with Crippen LogP contribution in [0.15, 0.2) is 77.7 Å². The third kappa shape index (κ3) is 6.01. The smallest absolute Gasteiger partial charge is 0.245 e. The van der Waals surface area contributed by atoms with Gasteiger partial charge in [-0.3, -0.25) is 4.79 Å². The summed E-state index contributed by atoms with van der Waals surface area (Å²) in [5.74, 6) is -0.0401. The molecular formula is C23H22Cl2N2O4S. The summed E-state index contributed by atoms with van der Waals surface area (Å²) in [6, 6.07) is 20.5. The molecule has 0 aliphatic rings. The number of halogens is 2. The zero-order chi connectivity index (χ0) is 23.1. The molecule has 0 fully saturated rings. The van der Waals surface area contributed by atoms with Crippen LogP contribution in [0.3, 0.4) is 0 Å². The van der Waals surface area contributed by atoms with Gasteiger partial charge in [0.15, 0.2) is 0 Å². The third-order valence-corrected chi connectivity index (χ3v) is 7.27. The number of methoxy groups -OCH3 is 1. The van der Waals surface area contributed by atoms with Crippen molar-refractivity contribution in [2.45, 2.75) is 11.3 Å². The first-order chi connectivity index (χ1) is 15.3. The van der Waals surface area contributed by atoms with Gasteiger partial charge in [-0.25, -0.2) is 8.42 Å². The maximum Gasteiger partial charge on any atom is 0.245 e. The number of nitrogens with zero attached hydrogens (tertiary/aromatic N) is 1. The maximum atomic E-state index is 13.4. The maximum absolute atomic E-state index is 13.4. The monoisotopic (exact) mass is 492 g/mol. The van der Waals surface area contributed by atoms with Crippen LogP contribution in [-0.4, -0.2) is 38.8 Å². The lowest BCUT2D eigenvalue weighted by Crippen LogP contribution is -2.39. The van der Waals surface area contributed by atoms with E-state index >= 15 is 0 Å². The number of anilines is 1. The molecule has 0 aromatic heterocycles. The number of para-hydroxylation sites is 2. The van der Waals surface area contributed by atoms with Gasteiger partial charge in [0.25, 0.3) is 0 Å². The topological polar surface area (TPSA) is 75.7 Å². The van der Waals surface area contributed by atoms with E-state index in [0.717, 1.165) is 9.87 Å². The predicted molar refractivity (Wildman–Crippen MR) is 127 cm³/mol. The summed E-state index contributed by atoms with van der Waals surface area (Å²) in [6.07, 6.45) is 0.417. The average Bonchev–Trinajstić information content (AvgIpc) is 2.79. The molecule has 1 amide bonds. The van der Waals surface area contributed by atoms with E-state index in [2.05, 4.69) is 5.32 Å². The Balaban J connectivity index is 1.87. The number of carbonyl (C=O) groups excluding carboxylic acids is 1. The van der Waals surface area contributed by atoms with Gasteiger partial charge in [-0.1, -0.05) is 65.7 Å². The molecule has 0 atom stereocenters. The van der Waals surface area contributed by atoms with E-state index in [1.54, 1.807) is 24.3 Å². The molecule has 3 aromatic rings. The first kappa shape index (κ1) is 24.1. The molecule has 0 aliphatic heterocycles. The lowest BCUT2D eigenvalue weighted by atomic mass is 10.1. The van der Waals surface area contributed by atoms with E-state index in [4.69, 9.17) is 27.9 Å². The van der Waals surface area contributed by atoms with Gasteiger partial charge in [0.2, 0.25) is 15.9 Å². The lowest BCUT2D eigenvalue weighted by molar-refractivity contribution is -0.116. The molecule has 9 heteroatoms. The van der Waals surface area contributed by atoms with Crippen molar-refractivity contribution in [2.24, 2.45) is 0 Å². The van der Waals surface area contributed by atoms with E-state index in [-0.39, 0.29) is 21.5 Å². The van der Waals surface area contributed by atoms with Crippen molar-refractivity contribution in [3.05, 3.63) is 88.4 Å². The van der Waals surface area contributed by atoms with Crippen molar-refractivity contribution in [3.63, 3.8) is 0 Å².